The van der Waals surface area contributed by atoms with E-state index in [0.717, 1.165) is 5.56 Å². The lowest BCUT2D eigenvalue weighted by Gasteiger charge is -2.33. The number of urea groups is 1. The van der Waals surface area contributed by atoms with Crippen LogP contribution in [0.2, 0.25) is 0 Å². The summed E-state index contributed by atoms with van der Waals surface area (Å²) in [4.78, 5) is 17.7. The molecule has 2 amide bonds. The fourth-order valence-electron chi connectivity index (χ4n) is 2.50. The molecule has 0 bridgehead atoms. The summed E-state index contributed by atoms with van der Waals surface area (Å²) in [6, 6.07) is 8.86. The monoisotopic (exact) mass is 366 g/mol. The SMILES string of the molecule is O=C(Nc1nccs1)N1CCN(S(=O)(=O)Cc2ccccc2)CC1. The van der Waals surface area contributed by atoms with E-state index in [1.165, 1.54) is 15.6 Å². The second-order valence-electron chi connectivity index (χ2n) is 5.40. The topological polar surface area (TPSA) is 82.6 Å². The third-order valence-corrected chi connectivity index (χ3v) is 6.30. The zero-order valence-electron chi connectivity index (χ0n) is 13.0. The lowest BCUT2D eigenvalue weighted by molar-refractivity contribution is 0.184. The van der Waals surface area contributed by atoms with Crippen LogP contribution >= 0.6 is 11.3 Å². The van der Waals surface area contributed by atoms with Gasteiger partial charge in [-0.25, -0.2) is 18.2 Å². The van der Waals surface area contributed by atoms with Gasteiger partial charge < -0.3 is 4.90 Å². The number of nitrogens with zero attached hydrogens (tertiary/aromatic N) is 3. The molecule has 1 aliphatic heterocycles. The maximum Gasteiger partial charge on any atom is 0.323 e. The molecule has 0 saturated carbocycles. The fraction of sp³-hybridized carbons (Fsp3) is 0.333. The molecule has 9 heteroatoms. The molecular weight excluding hydrogens is 348 g/mol. The van der Waals surface area contributed by atoms with Crippen molar-refractivity contribution >= 4 is 32.5 Å². The van der Waals surface area contributed by atoms with E-state index < -0.39 is 10.0 Å². The molecule has 24 heavy (non-hydrogen) atoms. The minimum atomic E-state index is -3.37. The normalized spacial score (nSPS) is 16.1. The molecule has 2 aromatic rings. The van der Waals surface area contributed by atoms with Gasteiger partial charge in [-0.2, -0.15) is 4.31 Å². The summed E-state index contributed by atoms with van der Waals surface area (Å²) < 4.78 is 26.4. The van der Waals surface area contributed by atoms with Crippen LogP contribution in [0, 0.1) is 0 Å². The molecule has 1 aromatic carbocycles. The molecule has 1 aromatic heterocycles. The van der Waals surface area contributed by atoms with Crippen LogP contribution in [0.4, 0.5) is 9.93 Å². The number of amides is 2. The van der Waals surface area contributed by atoms with E-state index in [-0.39, 0.29) is 11.8 Å². The summed E-state index contributed by atoms with van der Waals surface area (Å²) in [5.74, 6) is -0.0147. The standard InChI is InChI=1S/C15H18N4O3S2/c20-15(17-14-16-6-11-23-14)18-7-9-19(10-8-18)24(21,22)12-13-4-2-1-3-5-13/h1-6,11H,7-10,12H2,(H,16,17,20). The highest BCUT2D eigenvalue weighted by Gasteiger charge is 2.29. The number of anilines is 1. The molecule has 1 aliphatic rings. The van der Waals surface area contributed by atoms with E-state index in [9.17, 15) is 13.2 Å². The predicted octanol–water partition coefficient (Wildman–Crippen LogP) is 1.82. The zero-order chi connectivity index (χ0) is 17.0. The molecule has 0 aliphatic carbocycles. The van der Waals surface area contributed by atoms with Gasteiger partial charge in [0.05, 0.1) is 5.75 Å². The molecule has 0 spiro atoms. The number of carbonyl (C=O) groups is 1. The van der Waals surface area contributed by atoms with Gasteiger partial charge in [0.2, 0.25) is 10.0 Å². The van der Waals surface area contributed by atoms with Crippen LogP contribution in [0.5, 0.6) is 0 Å². The van der Waals surface area contributed by atoms with E-state index in [1.807, 2.05) is 18.2 Å². The maximum atomic E-state index is 12.5. The van der Waals surface area contributed by atoms with Crippen molar-refractivity contribution in [2.45, 2.75) is 5.75 Å². The first-order valence-corrected chi connectivity index (χ1v) is 10.0. The Kier molecular flexibility index (Phi) is 5.12. The summed E-state index contributed by atoms with van der Waals surface area (Å²) in [7, 11) is -3.37. The van der Waals surface area contributed by atoms with Crippen molar-refractivity contribution in [3.63, 3.8) is 0 Å². The van der Waals surface area contributed by atoms with Crippen molar-refractivity contribution in [3.05, 3.63) is 47.5 Å². The number of rotatable bonds is 4. The Morgan fingerprint density at radius 3 is 2.50 bits per heavy atom. The van der Waals surface area contributed by atoms with Gasteiger partial charge in [-0.15, -0.1) is 11.3 Å². The Labute approximate surface area is 145 Å². The Morgan fingerprint density at radius 2 is 1.88 bits per heavy atom. The third kappa shape index (κ3) is 4.11. The smallest absolute Gasteiger partial charge is 0.322 e. The molecule has 7 nitrogen and oxygen atoms in total. The highest BCUT2D eigenvalue weighted by atomic mass is 32.2. The maximum absolute atomic E-state index is 12.5. The molecule has 1 N–H and O–H groups in total. The van der Waals surface area contributed by atoms with E-state index >= 15 is 0 Å². The summed E-state index contributed by atoms with van der Waals surface area (Å²) in [6.07, 6.45) is 1.62. The number of nitrogens with one attached hydrogen (secondary N) is 1. The summed E-state index contributed by atoms with van der Waals surface area (Å²) in [5.41, 5.74) is 0.765. The Bertz CT molecular complexity index is 770. The van der Waals surface area contributed by atoms with Crippen molar-refractivity contribution in [2.75, 3.05) is 31.5 Å². The molecule has 1 fully saturated rings. The number of sulfonamides is 1. The van der Waals surface area contributed by atoms with E-state index in [1.54, 1.807) is 28.6 Å². The van der Waals surface area contributed by atoms with Gasteiger partial charge in [-0.3, -0.25) is 5.32 Å². The molecule has 0 radical (unpaired) electrons. The highest BCUT2D eigenvalue weighted by Crippen LogP contribution is 2.15. The number of hydrogen-bond acceptors (Lipinski definition) is 5. The van der Waals surface area contributed by atoms with Crippen LogP contribution in [-0.4, -0.2) is 54.8 Å². The molecule has 1 saturated heterocycles. The van der Waals surface area contributed by atoms with Crippen LogP contribution in [0.25, 0.3) is 0 Å². The average molecular weight is 366 g/mol. The van der Waals surface area contributed by atoms with Gasteiger partial charge in [0.1, 0.15) is 0 Å². The fourth-order valence-corrected chi connectivity index (χ4v) is 4.54. The van der Waals surface area contributed by atoms with Gasteiger partial charge in [0.15, 0.2) is 5.13 Å². The average Bonchev–Trinajstić information content (AvgIpc) is 3.08. The van der Waals surface area contributed by atoms with E-state index in [4.69, 9.17) is 0 Å². The van der Waals surface area contributed by atoms with Crippen molar-refractivity contribution in [1.29, 1.82) is 0 Å². The number of piperazine rings is 1. The lowest BCUT2D eigenvalue weighted by atomic mass is 10.2. The number of benzene rings is 1. The van der Waals surface area contributed by atoms with Gasteiger partial charge in [0, 0.05) is 37.8 Å². The first kappa shape index (κ1) is 16.9. The van der Waals surface area contributed by atoms with E-state index in [0.29, 0.717) is 31.3 Å². The summed E-state index contributed by atoms with van der Waals surface area (Å²) in [5, 5.41) is 5.03. The quantitative estimate of drug-likeness (QED) is 0.895. The molecule has 0 atom stereocenters. The zero-order valence-corrected chi connectivity index (χ0v) is 14.6. The van der Waals surface area contributed by atoms with Crippen LogP contribution < -0.4 is 5.32 Å². The van der Waals surface area contributed by atoms with Crippen LogP contribution in [0.3, 0.4) is 0 Å². The van der Waals surface area contributed by atoms with Gasteiger partial charge >= 0.3 is 6.03 Å². The number of hydrogen-bond donors (Lipinski definition) is 1. The number of thiazole rings is 1. The number of carbonyl (C=O) groups excluding carboxylic acids is 1. The first-order valence-electron chi connectivity index (χ1n) is 7.52. The largest absolute Gasteiger partial charge is 0.323 e. The number of aromatic nitrogens is 1. The molecule has 2 heterocycles. The lowest BCUT2D eigenvalue weighted by Crippen LogP contribution is -2.51. The summed E-state index contributed by atoms with van der Waals surface area (Å²) >= 11 is 1.35. The Hall–Kier alpha value is -1.97. The Balaban J connectivity index is 1.55. The van der Waals surface area contributed by atoms with Gasteiger partial charge in [0.25, 0.3) is 0 Å². The minimum Gasteiger partial charge on any atom is -0.322 e. The molecule has 0 unspecified atom stereocenters. The van der Waals surface area contributed by atoms with Crippen molar-refractivity contribution in [1.82, 2.24) is 14.2 Å². The van der Waals surface area contributed by atoms with Crippen LogP contribution in [-0.2, 0) is 15.8 Å². The van der Waals surface area contributed by atoms with Crippen molar-refractivity contribution in [2.24, 2.45) is 0 Å². The Morgan fingerprint density at radius 1 is 1.17 bits per heavy atom. The summed E-state index contributed by atoms with van der Waals surface area (Å²) in [6.45, 7) is 1.34. The predicted molar refractivity (Wildman–Crippen MR) is 93.3 cm³/mol. The van der Waals surface area contributed by atoms with E-state index in [2.05, 4.69) is 10.3 Å². The second kappa shape index (κ2) is 7.29. The second-order valence-corrected chi connectivity index (χ2v) is 8.26. The van der Waals surface area contributed by atoms with Crippen LogP contribution in [0.15, 0.2) is 41.9 Å². The molecule has 3 rings (SSSR count). The highest BCUT2D eigenvalue weighted by molar-refractivity contribution is 7.88. The van der Waals surface area contributed by atoms with Crippen molar-refractivity contribution < 1.29 is 13.2 Å². The van der Waals surface area contributed by atoms with Crippen molar-refractivity contribution in [3.8, 4) is 0 Å². The van der Waals surface area contributed by atoms with Gasteiger partial charge in [-0.1, -0.05) is 30.3 Å². The minimum absolute atomic E-state index is 0.0147. The van der Waals surface area contributed by atoms with Gasteiger partial charge in [-0.05, 0) is 5.56 Å². The van der Waals surface area contributed by atoms with Crippen LogP contribution in [0.1, 0.15) is 5.56 Å². The molecule has 128 valence electrons. The molecular formula is C15H18N4O3S2. The first-order chi connectivity index (χ1) is 11.5. The third-order valence-electron chi connectivity index (χ3n) is 3.76.